The summed E-state index contributed by atoms with van der Waals surface area (Å²) < 4.78 is 5.05. The zero-order chi connectivity index (χ0) is 13.7. The van der Waals surface area contributed by atoms with Gasteiger partial charge >= 0.3 is 0 Å². The van der Waals surface area contributed by atoms with E-state index in [2.05, 4.69) is 9.88 Å². The van der Waals surface area contributed by atoms with Crippen molar-refractivity contribution in [1.82, 2.24) is 15.4 Å². The van der Waals surface area contributed by atoms with E-state index in [1.807, 2.05) is 0 Å². The van der Waals surface area contributed by atoms with E-state index in [4.69, 9.17) is 9.94 Å². The van der Waals surface area contributed by atoms with Crippen LogP contribution in [-0.2, 0) is 17.7 Å². The van der Waals surface area contributed by atoms with Gasteiger partial charge in [0, 0.05) is 39.5 Å². The molecule has 2 N–H and O–H groups in total. The number of ether oxygens (including phenoxy) is 1. The fourth-order valence-corrected chi connectivity index (χ4v) is 2.28. The molecule has 2 rings (SSSR count). The molecule has 0 saturated heterocycles. The minimum absolute atomic E-state index is 0.397. The number of methoxy groups -OCH3 is 1. The topological polar surface area (TPSA) is 74.7 Å². The number of hydroxylamine groups is 1. The average molecular weight is 265 g/mol. The molecule has 0 atom stereocenters. The Morgan fingerprint density at radius 1 is 1.63 bits per heavy atom. The summed E-state index contributed by atoms with van der Waals surface area (Å²) in [4.78, 5) is 18.0. The molecule has 1 aromatic heterocycles. The summed E-state index contributed by atoms with van der Waals surface area (Å²) in [6.07, 6.45) is 3.39. The highest BCUT2D eigenvalue weighted by Crippen LogP contribution is 2.18. The van der Waals surface area contributed by atoms with Gasteiger partial charge in [0.15, 0.2) is 0 Å². The smallest absolute Gasteiger partial charge is 0.276 e. The Morgan fingerprint density at radius 3 is 3.21 bits per heavy atom. The lowest BCUT2D eigenvalue weighted by atomic mass is 10.0. The van der Waals surface area contributed by atoms with Gasteiger partial charge in [-0.15, -0.1) is 0 Å². The Hall–Kier alpha value is -1.50. The molecule has 6 nitrogen and oxygen atoms in total. The maximum Gasteiger partial charge on any atom is 0.276 e. The molecule has 0 aliphatic carbocycles. The molecule has 0 saturated carbocycles. The first-order chi connectivity index (χ1) is 9.24. The van der Waals surface area contributed by atoms with Crippen molar-refractivity contribution in [3.63, 3.8) is 0 Å². The molecular formula is C13H19N3O3. The lowest BCUT2D eigenvalue weighted by Gasteiger charge is -2.28. The van der Waals surface area contributed by atoms with Crippen molar-refractivity contribution >= 4 is 5.91 Å². The van der Waals surface area contributed by atoms with Crippen molar-refractivity contribution in [2.45, 2.75) is 19.4 Å². The first-order valence-electron chi connectivity index (χ1n) is 6.38. The van der Waals surface area contributed by atoms with Crippen LogP contribution in [0.5, 0.6) is 0 Å². The summed E-state index contributed by atoms with van der Waals surface area (Å²) in [5.41, 5.74) is 4.12. The number of pyridine rings is 1. The molecule has 0 bridgehead atoms. The van der Waals surface area contributed by atoms with Crippen molar-refractivity contribution in [1.29, 1.82) is 0 Å². The molecule has 0 aromatic carbocycles. The molecule has 6 heteroatoms. The van der Waals surface area contributed by atoms with Crippen LogP contribution in [0.15, 0.2) is 12.3 Å². The van der Waals surface area contributed by atoms with E-state index in [9.17, 15) is 4.79 Å². The van der Waals surface area contributed by atoms with Crippen LogP contribution in [0.25, 0.3) is 0 Å². The number of nitrogens with one attached hydrogen (secondary N) is 1. The molecule has 0 spiro atoms. The van der Waals surface area contributed by atoms with E-state index in [0.29, 0.717) is 5.56 Å². The Labute approximate surface area is 112 Å². The second-order valence-electron chi connectivity index (χ2n) is 4.64. The van der Waals surface area contributed by atoms with Gasteiger partial charge in [-0.1, -0.05) is 0 Å². The molecule has 19 heavy (non-hydrogen) atoms. The van der Waals surface area contributed by atoms with Crippen molar-refractivity contribution in [3.8, 4) is 0 Å². The summed E-state index contributed by atoms with van der Waals surface area (Å²) in [5.74, 6) is -0.516. The Morgan fingerprint density at radius 2 is 2.47 bits per heavy atom. The minimum atomic E-state index is -0.516. The number of aromatic nitrogens is 1. The van der Waals surface area contributed by atoms with Crippen LogP contribution in [0.2, 0.25) is 0 Å². The van der Waals surface area contributed by atoms with Crippen LogP contribution >= 0.6 is 0 Å². The van der Waals surface area contributed by atoms with Crippen molar-refractivity contribution in [2.75, 3.05) is 26.8 Å². The second kappa shape index (κ2) is 6.60. The van der Waals surface area contributed by atoms with Crippen LogP contribution in [0.3, 0.4) is 0 Å². The molecule has 1 aromatic rings. The van der Waals surface area contributed by atoms with Crippen molar-refractivity contribution in [3.05, 3.63) is 29.1 Å². The van der Waals surface area contributed by atoms with Gasteiger partial charge in [0.25, 0.3) is 5.91 Å². The summed E-state index contributed by atoms with van der Waals surface area (Å²) in [7, 11) is 1.71. The van der Waals surface area contributed by atoms with Gasteiger partial charge in [0.1, 0.15) is 0 Å². The third kappa shape index (κ3) is 3.50. The molecule has 1 aliphatic heterocycles. The van der Waals surface area contributed by atoms with Crippen molar-refractivity contribution < 1.29 is 14.7 Å². The number of amides is 1. The Bertz CT molecular complexity index is 451. The van der Waals surface area contributed by atoms with Gasteiger partial charge in [-0.05, 0) is 24.5 Å². The van der Waals surface area contributed by atoms with E-state index in [-0.39, 0.29) is 0 Å². The summed E-state index contributed by atoms with van der Waals surface area (Å²) >= 11 is 0. The molecule has 1 amide bonds. The standard InChI is InChI=1S/C13H19N3O3/c1-19-6-2-4-16-5-3-10-7-11(13(17)15-18)8-14-12(10)9-16/h7-8,18H,2-6,9H2,1H3,(H,15,17). The number of rotatable bonds is 5. The van der Waals surface area contributed by atoms with Gasteiger partial charge in [-0.25, -0.2) is 5.48 Å². The molecule has 0 radical (unpaired) electrons. The maximum atomic E-state index is 11.3. The molecule has 0 fully saturated rings. The molecule has 104 valence electrons. The third-order valence-electron chi connectivity index (χ3n) is 3.32. The quantitative estimate of drug-likeness (QED) is 0.463. The van der Waals surface area contributed by atoms with Gasteiger partial charge in [0.05, 0.1) is 11.3 Å². The third-order valence-corrected chi connectivity index (χ3v) is 3.32. The number of fused-ring (bicyclic) bond motifs is 1. The van der Waals surface area contributed by atoms with Crippen LogP contribution < -0.4 is 5.48 Å². The lowest BCUT2D eigenvalue weighted by molar-refractivity contribution is 0.0705. The van der Waals surface area contributed by atoms with E-state index in [1.165, 1.54) is 6.20 Å². The maximum absolute atomic E-state index is 11.3. The zero-order valence-corrected chi connectivity index (χ0v) is 11.1. The predicted octanol–water partition coefficient (Wildman–Crippen LogP) is 0.595. The van der Waals surface area contributed by atoms with Gasteiger partial charge in [0.2, 0.25) is 0 Å². The monoisotopic (exact) mass is 265 g/mol. The van der Waals surface area contributed by atoms with Crippen LogP contribution in [-0.4, -0.2) is 47.8 Å². The van der Waals surface area contributed by atoms with Gasteiger partial charge in [-0.3, -0.25) is 19.9 Å². The fourth-order valence-electron chi connectivity index (χ4n) is 2.28. The number of hydrogen-bond acceptors (Lipinski definition) is 5. The van der Waals surface area contributed by atoms with Crippen LogP contribution in [0.4, 0.5) is 0 Å². The van der Waals surface area contributed by atoms with E-state index in [1.54, 1.807) is 18.7 Å². The van der Waals surface area contributed by atoms with Crippen molar-refractivity contribution in [2.24, 2.45) is 0 Å². The van der Waals surface area contributed by atoms with E-state index < -0.39 is 5.91 Å². The molecule has 2 heterocycles. The number of hydrogen-bond donors (Lipinski definition) is 2. The highest BCUT2D eigenvalue weighted by molar-refractivity contribution is 5.93. The van der Waals surface area contributed by atoms with Gasteiger partial charge in [-0.2, -0.15) is 0 Å². The van der Waals surface area contributed by atoms with Crippen LogP contribution in [0.1, 0.15) is 28.0 Å². The normalized spacial score (nSPS) is 15.1. The number of carbonyl (C=O) groups is 1. The van der Waals surface area contributed by atoms with E-state index in [0.717, 1.165) is 50.3 Å². The van der Waals surface area contributed by atoms with E-state index >= 15 is 0 Å². The van der Waals surface area contributed by atoms with Gasteiger partial charge < -0.3 is 4.74 Å². The molecular weight excluding hydrogens is 246 g/mol. The molecule has 0 unspecified atom stereocenters. The summed E-state index contributed by atoms with van der Waals surface area (Å²) in [6.45, 7) is 3.53. The SMILES string of the molecule is COCCCN1CCc2cc(C(=O)NO)cnc2C1. The highest BCUT2D eigenvalue weighted by atomic mass is 16.5. The predicted molar refractivity (Wildman–Crippen MR) is 69.0 cm³/mol. The number of carbonyl (C=O) groups excluding carboxylic acids is 1. The Kier molecular flexibility index (Phi) is 4.84. The zero-order valence-electron chi connectivity index (χ0n) is 11.1. The highest BCUT2D eigenvalue weighted by Gasteiger charge is 2.18. The summed E-state index contributed by atoms with van der Waals surface area (Å²) in [5, 5.41) is 8.61. The number of nitrogens with zero attached hydrogens (tertiary/aromatic N) is 2. The minimum Gasteiger partial charge on any atom is -0.385 e. The lowest BCUT2D eigenvalue weighted by Crippen LogP contribution is -2.33. The first-order valence-corrected chi connectivity index (χ1v) is 6.38. The molecule has 1 aliphatic rings. The Balaban J connectivity index is 2.00. The second-order valence-corrected chi connectivity index (χ2v) is 4.64. The fraction of sp³-hybridized carbons (Fsp3) is 0.538. The first kappa shape index (κ1) is 13.9. The summed E-state index contributed by atoms with van der Waals surface area (Å²) in [6, 6.07) is 1.81. The van der Waals surface area contributed by atoms with Crippen LogP contribution in [0, 0.1) is 0 Å². The largest absolute Gasteiger partial charge is 0.385 e. The average Bonchev–Trinajstić information content (AvgIpc) is 2.46.